The fourth-order valence-electron chi connectivity index (χ4n) is 3.83. The third kappa shape index (κ3) is 3.42. The number of H-pyrrole nitrogens is 1. The first-order chi connectivity index (χ1) is 14.1. The Labute approximate surface area is 166 Å². The number of likely N-dealkylation sites (tertiary alicyclic amines) is 1. The predicted octanol–water partition coefficient (Wildman–Crippen LogP) is 2.55. The summed E-state index contributed by atoms with van der Waals surface area (Å²) < 4.78 is 14.5. The molecule has 2 aliphatic rings. The number of aromatic amines is 1. The summed E-state index contributed by atoms with van der Waals surface area (Å²) in [6.45, 7) is 2.19. The Balaban J connectivity index is 1.40. The molecule has 0 atom stereocenters. The van der Waals surface area contributed by atoms with Gasteiger partial charge in [0, 0.05) is 42.5 Å². The van der Waals surface area contributed by atoms with Crippen LogP contribution in [-0.2, 0) is 0 Å². The van der Waals surface area contributed by atoms with Gasteiger partial charge in [-0.05, 0) is 37.1 Å². The minimum atomic E-state index is -0.549. The standard InChI is InChI=1S/C22H21FN4O2/c23-19-8-5-14(20-16-3-1-2-4-17(16)21(28)26-25-20)9-18(19)22(29)27-11-13(12-27)10-24-15-6-7-15/h1-5,8-9,13,15,24H,6-7,10-12H2,(H,26,28). The Hall–Kier alpha value is -3.06. The maximum Gasteiger partial charge on any atom is 0.272 e. The number of hydrogen-bond acceptors (Lipinski definition) is 4. The molecule has 148 valence electrons. The first-order valence-electron chi connectivity index (χ1n) is 9.90. The summed E-state index contributed by atoms with van der Waals surface area (Å²) in [5, 5.41) is 11.3. The third-order valence-corrected chi connectivity index (χ3v) is 5.68. The number of halogens is 1. The van der Waals surface area contributed by atoms with Crippen LogP contribution in [0, 0.1) is 11.7 Å². The number of hydrogen-bond donors (Lipinski definition) is 2. The number of carbonyl (C=O) groups is 1. The van der Waals surface area contributed by atoms with Crippen LogP contribution in [0.15, 0.2) is 47.3 Å². The molecule has 0 spiro atoms. The number of nitrogens with zero attached hydrogens (tertiary/aromatic N) is 2. The summed E-state index contributed by atoms with van der Waals surface area (Å²) in [6.07, 6.45) is 2.47. The molecule has 1 saturated carbocycles. The smallest absolute Gasteiger partial charge is 0.272 e. The van der Waals surface area contributed by atoms with Crippen LogP contribution in [0.1, 0.15) is 23.2 Å². The number of benzene rings is 2. The van der Waals surface area contributed by atoms with Crippen LogP contribution in [0.2, 0.25) is 0 Å². The van der Waals surface area contributed by atoms with E-state index in [-0.39, 0.29) is 17.0 Å². The van der Waals surface area contributed by atoms with Gasteiger partial charge in [0.05, 0.1) is 16.6 Å². The Morgan fingerprint density at radius 1 is 1.17 bits per heavy atom. The molecule has 7 heteroatoms. The van der Waals surface area contributed by atoms with Crippen LogP contribution in [0.25, 0.3) is 22.0 Å². The monoisotopic (exact) mass is 392 g/mol. The quantitative estimate of drug-likeness (QED) is 0.700. The van der Waals surface area contributed by atoms with Crippen LogP contribution in [-0.4, -0.2) is 46.7 Å². The molecule has 2 N–H and O–H groups in total. The summed E-state index contributed by atoms with van der Waals surface area (Å²) in [5.74, 6) is -0.427. The molecule has 2 fully saturated rings. The van der Waals surface area contributed by atoms with E-state index in [1.54, 1.807) is 29.2 Å². The van der Waals surface area contributed by atoms with Gasteiger partial charge in [0.2, 0.25) is 0 Å². The van der Waals surface area contributed by atoms with Crippen molar-refractivity contribution in [3.63, 3.8) is 0 Å². The SMILES string of the molecule is O=C(c1cc(-c2n[nH]c(=O)c3ccccc23)ccc1F)N1CC(CNC2CC2)C1. The molecule has 1 aliphatic carbocycles. The highest BCUT2D eigenvalue weighted by Gasteiger charge is 2.33. The van der Waals surface area contributed by atoms with Gasteiger partial charge >= 0.3 is 0 Å². The second kappa shape index (κ2) is 7.08. The van der Waals surface area contributed by atoms with E-state index < -0.39 is 5.82 Å². The van der Waals surface area contributed by atoms with Crippen molar-refractivity contribution in [1.29, 1.82) is 0 Å². The fraction of sp³-hybridized carbons (Fsp3) is 0.318. The number of fused-ring (bicyclic) bond motifs is 1. The van der Waals surface area contributed by atoms with Crippen molar-refractivity contribution in [2.45, 2.75) is 18.9 Å². The van der Waals surface area contributed by atoms with E-state index in [4.69, 9.17) is 0 Å². The molecule has 0 radical (unpaired) electrons. The van der Waals surface area contributed by atoms with Crippen molar-refractivity contribution >= 4 is 16.7 Å². The first kappa shape index (κ1) is 18.0. The molecule has 5 rings (SSSR count). The number of aromatic nitrogens is 2. The minimum absolute atomic E-state index is 0.0354. The molecule has 1 aliphatic heterocycles. The molecule has 29 heavy (non-hydrogen) atoms. The van der Waals surface area contributed by atoms with Gasteiger partial charge in [0.25, 0.3) is 11.5 Å². The Bertz CT molecular complexity index is 1150. The van der Waals surface area contributed by atoms with E-state index in [2.05, 4.69) is 15.5 Å². The number of rotatable bonds is 5. The Morgan fingerprint density at radius 2 is 1.93 bits per heavy atom. The normalized spacial score (nSPS) is 16.8. The molecule has 2 aromatic carbocycles. The van der Waals surface area contributed by atoms with E-state index in [0.717, 1.165) is 6.54 Å². The van der Waals surface area contributed by atoms with Crippen molar-refractivity contribution < 1.29 is 9.18 Å². The van der Waals surface area contributed by atoms with Gasteiger partial charge in [-0.3, -0.25) is 9.59 Å². The van der Waals surface area contributed by atoms with Crippen LogP contribution in [0.4, 0.5) is 4.39 Å². The lowest BCUT2D eigenvalue weighted by molar-refractivity contribution is 0.0496. The fourth-order valence-corrected chi connectivity index (χ4v) is 3.83. The highest BCUT2D eigenvalue weighted by Crippen LogP contribution is 2.28. The van der Waals surface area contributed by atoms with Crippen LogP contribution >= 0.6 is 0 Å². The van der Waals surface area contributed by atoms with Crippen molar-refractivity contribution in [2.24, 2.45) is 5.92 Å². The van der Waals surface area contributed by atoms with Gasteiger partial charge in [-0.1, -0.05) is 18.2 Å². The van der Waals surface area contributed by atoms with E-state index in [1.165, 1.54) is 25.0 Å². The molecular formula is C22H21FN4O2. The predicted molar refractivity (Wildman–Crippen MR) is 108 cm³/mol. The van der Waals surface area contributed by atoms with E-state index in [9.17, 15) is 14.0 Å². The molecule has 3 aromatic rings. The lowest BCUT2D eigenvalue weighted by atomic mass is 9.97. The summed E-state index contributed by atoms with van der Waals surface area (Å²) in [5.41, 5.74) is 0.862. The van der Waals surface area contributed by atoms with Gasteiger partial charge in [-0.2, -0.15) is 5.10 Å². The minimum Gasteiger partial charge on any atom is -0.338 e. The van der Waals surface area contributed by atoms with Crippen molar-refractivity contribution in [3.05, 3.63) is 64.2 Å². The third-order valence-electron chi connectivity index (χ3n) is 5.68. The Morgan fingerprint density at radius 3 is 2.69 bits per heavy atom. The lowest BCUT2D eigenvalue weighted by Crippen LogP contribution is -2.53. The zero-order valence-corrected chi connectivity index (χ0v) is 15.8. The molecule has 0 unspecified atom stereocenters. The number of carbonyl (C=O) groups excluding carboxylic acids is 1. The number of nitrogens with one attached hydrogen (secondary N) is 2. The summed E-state index contributed by atoms with van der Waals surface area (Å²) in [6, 6.07) is 12.1. The van der Waals surface area contributed by atoms with Gasteiger partial charge in [0.15, 0.2) is 0 Å². The molecule has 2 heterocycles. The second-order valence-corrected chi connectivity index (χ2v) is 7.90. The molecule has 6 nitrogen and oxygen atoms in total. The van der Waals surface area contributed by atoms with Crippen molar-refractivity contribution in [2.75, 3.05) is 19.6 Å². The maximum absolute atomic E-state index is 14.5. The highest BCUT2D eigenvalue weighted by molar-refractivity contribution is 5.98. The van der Waals surface area contributed by atoms with Crippen LogP contribution in [0.3, 0.4) is 0 Å². The van der Waals surface area contributed by atoms with E-state index in [1.807, 2.05) is 6.07 Å². The van der Waals surface area contributed by atoms with Gasteiger partial charge in [0.1, 0.15) is 5.82 Å². The average molecular weight is 392 g/mol. The van der Waals surface area contributed by atoms with Gasteiger partial charge in [-0.25, -0.2) is 9.49 Å². The largest absolute Gasteiger partial charge is 0.338 e. The zero-order valence-electron chi connectivity index (χ0n) is 15.8. The van der Waals surface area contributed by atoms with Crippen LogP contribution in [0.5, 0.6) is 0 Å². The maximum atomic E-state index is 14.5. The Kier molecular flexibility index (Phi) is 4.39. The molecule has 1 aromatic heterocycles. The van der Waals surface area contributed by atoms with Crippen molar-refractivity contribution in [1.82, 2.24) is 20.4 Å². The highest BCUT2D eigenvalue weighted by atomic mass is 19.1. The first-order valence-corrected chi connectivity index (χ1v) is 9.90. The van der Waals surface area contributed by atoms with Crippen molar-refractivity contribution in [3.8, 4) is 11.3 Å². The zero-order chi connectivity index (χ0) is 20.0. The summed E-state index contributed by atoms with van der Waals surface area (Å²) >= 11 is 0. The molecular weight excluding hydrogens is 371 g/mol. The molecule has 1 amide bonds. The lowest BCUT2D eigenvalue weighted by Gasteiger charge is -2.39. The topological polar surface area (TPSA) is 78.1 Å². The molecule has 0 bridgehead atoms. The summed E-state index contributed by atoms with van der Waals surface area (Å²) in [7, 11) is 0. The summed E-state index contributed by atoms with van der Waals surface area (Å²) in [4.78, 5) is 26.5. The van der Waals surface area contributed by atoms with Gasteiger partial charge < -0.3 is 10.2 Å². The second-order valence-electron chi connectivity index (χ2n) is 7.90. The van der Waals surface area contributed by atoms with E-state index in [0.29, 0.717) is 47.1 Å². The average Bonchev–Trinajstić information content (AvgIpc) is 3.52. The van der Waals surface area contributed by atoms with E-state index >= 15 is 0 Å². The molecule has 1 saturated heterocycles. The van der Waals surface area contributed by atoms with Gasteiger partial charge in [-0.15, -0.1) is 0 Å². The number of amides is 1. The van der Waals surface area contributed by atoms with Crippen LogP contribution < -0.4 is 10.9 Å².